The molecule has 3 aromatic carbocycles. The Morgan fingerprint density at radius 3 is 2.21 bits per heavy atom. The zero-order valence-electron chi connectivity index (χ0n) is 17.3. The van der Waals surface area contributed by atoms with Crippen LogP contribution in [0.3, 0.4) is 0 Å². The van der Waals surface area contributed by atoms with Gasteiger partial charge in [-0.1, -0.05) is 24.3 Å². The predicted molar refractivity (Wildman–Crippen MR) is 117 cm³/mol. The molecular formula is C23H17N3O7. The molecule has 0 radical (unpaired) electrons. The second kappa shape index (κ2) is 10.4. The zero-order valence-corrected chi connectivity index (χ0v) is 17.3. The van der Waals surface area contributed by atoms with E-state index in [9.17, 15) is 24.5 Å². The van der Waals surface area contributed by atoms with Gasteiger partial charge in [-0.25, -0.2) is 10.2 Å². The highest BCUT2D eigenvalue weighted by Crippen LogP contribution is 2.23. The smallest absolute Gasteiger partial charge is 0.347 e. The molecule has 0 atom stereocenters. The first-order valence-electron chi connectivity index (χ1n) is 9.51. The standard InChI is InChI=1S/C23H17N3O7/c1-15(27)32-21-9-5-3-7-19(21)23(29)33-20-8-4-2-6-17(20)14-24-25-22(28)16-10-12-18(13-11-16)26(30)31/h2-14H,1H3,(H,25,28)/b24-14-. The number of hydrazone groups is 1. The lowest BCUT2D eigenvalue weighted by atomic mass is 10.2. The predicted octanol–water partition coefficient (Wildman–Crippen LogP) is 3.50. The molecule has 10 heteroatoms. The van der Waals surface area contributed by atoms with E-state index >= 15 is 0 Å². The van der Waals surface area contributed by atoms with E-state index in [1.54, 1.807) is 30.3 Å². The molecule has 0 aliphatic rings. The molecule has 0 saturated carbocycles. The monoisotopic (exact) mass is 447 g/mol. The van der Waals surface area contributed by atoms with Crippen molar-refractivity contribution in [3.63, 3.8) is 0 Å². The highest BCUT2D eigenvalue weighted by molar-refractivity contribution is 5.97. The zero-order chi connectivity index (χ0) is 23.8. The van der Waals surface area contributed by atoms with Gasteiger partial charge < -0.3 is 9.47 Å². The SMILES string of the molecule is CC(=O)Oc1ccccc1C(=O)Oc1ccccc1/C=N\NC(=O)c1ccc([N+](=O)[O-])cc1. The van der Waals surface area contributed by atoms with Gasteiger partial charge in [0.2, 0.25) is 0 Å². The van der Waals surface area contributed by atoms with Crippen molar-refractivity contribution in [1.29, 1.82) is 0 Å². The van der Waals surface area contributed by atoms with Gasteiger partial charge in [0.05, 0.1) is 11.1 Å². The Kier molecular flexibility index (Phi) is 7.22. The Morgan fingerprint density at radius 1 is 0.909 bits per heavy atom. The molecule has 10 nitrogen and oxygen atoms in total. The maximum atomic E-state index is 12.6. The van der Waals surface area contributed by atoms with Crippen molar-refractivity contribution >= 4 is 29.7 Å². The number of rotatable bonds is 7. The minimum Gasteiger partial charge on any atom is -0.426 e. The summed E-state index contributed by atoms with van der Waals surface area (Å²) in [6.07, 6.45) is 1.28. The van der Waals surface area contributed by atoms with Crippen LogP contribution in [0.1, 0.15) is 33.2 Å². The van der Waals surface area contributed by atoms with Crippen molar-refractivity contribution in [2.75, 3.05) is 0 Å². The van der Waals surface area contributed by atoms with Crippen LogP contribution in [-0.4, -0.2) is 29.0 Å². The fourth-order valence-electron chi connectivity index (χ4n) is 2.67. The summed E-state index contributed by atoms with van der Waals surface area (Å²) in [5, 5.41) is 14.6. The fourth-order valence-corrected chi connectivity index (χ4v) is 2.67. The number of ether oxygens (including phenoxy) is 2. The first-order chi connectivity index (χ1) is 15.8. The van der Waals surface area contributed by atoms with Crippen molar-refractivity contribution in [3.8, 4) is 11.5 Å². The number of esters is 2. The summed E-state index contributed by atoms with van der Waals surface area (Å²) in [5.74, 6) is -1.68. The molecule has 0 spiro atoms. The third-order valence-electron chi connectivity index (χ3n) is 4.19. The molecule has 0 fully saturated rings. The molecule has 1 N–H and O–H groups in total. The van der Waals surface area contributed by atoms with Crippen LogP contribution in [0.25, 0.3) is 0 Å². The average molecular weight is 447 g/mol. The molecule has 166 valence electrons. The first-order valence-corrected chi connectivity index (χ1v) is 9.51. The van der Waals surface area contributed by atoms with Crippen molar-refractivity contribution in [2.45, 2.75) is 6.92 Å². The minimum absolute atomic E-state index is 0.0610. The third-order valence-corrected chi connectivity index (χ3v) is 4.19. The lowest BCUT2D eigenvalue weighted by molar-refractivity contribution is -0.384. The highest BCUT2D eigenvalue weighted by Gasteiger charge is 2.17. The van der Waals surface area contributed by atoms with E-state index in [1.165, 1.54) is 55.6 Å². The second-order valence-electron chi connectivity index (χ2n) is 6.52. The van der Waals surface area contributed by atoms with E-state index in [-0.39, 0.29) is 28.3 Å². The summed E-state index contributed by atoms with van der Waals surface area (Å²) >= 11 is 0. The molecule has 1 amide bonds. The number of nitro groups is 1. The molecule has 3 rings (SSSR count). The number of benzene rings is 3. The van der Waals surface area contributed by atoms with Gasteiger partial charge in [0, 0.05) is 30.2 Å². The maximum Gasteiger partial charge on any atom is 0.347 e. The lowest BCUT2D eigenvalue weighted by Gasteiger charge is -2.10. The van der Waals surface area contributed by atoms with Crippen LogP contribution >= 0.6 is 0 Å². The van der Waals surface area contributed by atoms with Crippen LogP contribution in [0.4, 0.5) is 5.69 Å². The van der Waals surface area contributed by atoms with Gasteiger partial charge >= 0.3 is 11.9 Å². The molecule has 0 aliphatic heterocycles. The van der Waals surface area contributed by atoms with Gasteiger partial charge in [0.15, 0.2) is 0 Å². The highest BCUT2D eigenvalue weighted by atomic mass is 16.6. The first kappa shape index (κ1) is 22.8. The van der Waals surface area contributed by atoms with Crippen molar-refractivity contribution in [1.82, 2.24) is 5.43 Å². The maximum absolute atomic E-state index is 12.6. The van der Waals surface area contributed by atoms with Crippen molar-refractivity contribution in [3.05, 3.63) is 99.6 Å². The Labute approximate surface area is 187 Å². The average Bonchev–Trinajstić information content (AvgIpc) is 2.80. The largest absolute Gasteiger partial charge is 0.426 e. The minimum atomic E-state index is -0.748. The Balaban J connectivity index is 1.71. The summed E-state index contributed by atoms with van der Waals surface area (Å²) in [6, 6.07) is 17.7. The van der Waals surface area contributed by atoms with E-state index < -0.39 is 22.8 Å². The van der Waals surface area contributed by atoms with Crippen molar-refractivity contribution in [2.24, 2.45) is 5.10 Å². The van der Waals surface area contributed by atoms with Gasteiger partial charge in [-0.3, -0.25) is 19.7 Å². The molecule has 0 aromatic heterocycles. The number of carbonyl (C=O) groups is 3. The van der Waals surface area contributed by atoms with Crippen LogP contribution in [0.5, 0.6) is 11.5 Å². The van der Waals surface area contributed by atoms with E-state index in [0.29, 0.717) is 5.56 Å². The third kappa shape index (κ3) is 6.07. The number of hydrogen-bond donors (Lipinski definition) is 1. The Hall–Kier alpha value is -4.86. The van der Waals surface area contributed by atoms with Gasteiger partial charge in [0.1, 0.15) is 17.1 Å². The summed E-state index contributed by atoms with van der Waals surface area (Å²) < 4.78 is 10.5. The van der Waals surface area contributed by atoms with Crippen LogP contribution in [0, 0.1) is 10.1 Å². The number of amides is 1. The molecule has 0 saturated heterocycles. The van der Waals surface area contributed by atoms with Crippen LogP contribution in [0.2, 0.25) is 0 Å². The topological polar surface area (TPSA) is 137 Å². The summed E-state index contributed by atoms with van der Waals surface area (Å²) in [5.41, 5.74) is 2.79. The molecule has 0 aliphatic carbocycles. The van der Waals surface area contributed by atoms with E-state index in [0.717, 1.165) is 0 Å². The Morgan fingerprint density at radius 2 is 1.55 bits per heavy atom. The van der Waals surface area contributed by atoms with Crippen molar-refractivity contribution < 1.29 is 28.8 Å². The van der Waals surface area contributed by atoms with Crippen LogP contribution in [-0.2, 0) is 4.79 Å². The van der Waals surface area contributed by atoms with Gasteiger partial charge in [0.25, 0.3) is 11.6 Å². The van der Waals surface area contributed by atoms with Crippen LogP contribution < -0.4 is 14.9 Å². The normalized spacial score (nSPS) is 10.5. The van der Waals surface area contributed by atoms with E-state index in [1.807, 2.05) is 0 Å². The van der Waals surface area contributed by atoms with Gasteiger partial charge in [-0.05, 0) is 36.4 Å². The molecule has 33 heavy (non-hydrogen) atoms. The van der Waals surface area contributed by atoms with E-state index in [4.69, 9.17) is 9.47 Å². The number of nitrogens with zero attached hydrogens (tertiary/aromatic N) is 2. The van der Waals surface area contributed by atoms with Gasteiger partial charge in [-0.15, -0.1) is 0 Å². The molecular weight excluding hydrogens is 430 g/mol. The number of non-ortho nitro benzene ring substituents is 1. The molecule has 3 aromatic rings. The lowest BCUT2D eigenvalue weighted by Crippen LogP contribution is -2.17. The van der Waals surface area contributed by atoms with E-state index in [2.05, 4.69) is 10.5 Å². The quantitative estimate of drug-likeness (QED) is 0.192. The Bertz CT molecular complexity index is 1240. The fraction of sp³-hybridized carbons (Fsp3) is 0.0435. The second-order valence-corrected chi connectivity index (χ2v) is 6.52. The number of para-hydroxylation sites is 2. The molecule has 0 heterocycles. The summed E-state index contributed by atoms with van der Waals surface area (Å²) in [6.45, 7) is 1.22. The number of nitro benzene ring substituents is 1. The van der Waals surface area contributed by atoms with Crippen LogP contribution in [0.15, 0.2) is 77.9 Å². The number of nitrogens with one attached hydrogen (secondary N) is 1. The molecule has 0 bridgehead atoms. The summed E-state index contributed by atoms with van der Waals surface area (Å²) in [4.78, 5) is 46.2. The number of carbonyl (C=O) groups excluding carboxylic acids is 3. The number of hydrogen-bond acceptors (Lipinski definition) is 8. The van der Waals surface area contributed by atoms with Gasteiger partial charge in [-0.2, -0.15) is 5.10 Å². The summed E-state index contributed by atoms with van der Waals surface area (Å²) in [7, 11) is 0. The molecule has 0 unspecified atom stereocenters.